The quantitative estimate of drug-likeness (QED) is 0.632. The standard InChI is InChI=1S/C18H21N3O4S/c1-20(2)9-10-21(17(22)14-6-5-11-25-14)18-19-15-12(23-3)7-8-13(24-4)16(15)26-18/h5-8,11H,9-10H2,1-4H3. The first-order valence-corrected chi connectivity index (χ1v) is 8.88. The van der Waals surface area contributed by atoms with E-state index in [2.05, 4.69) is 4.98 Å². The van der Waals surface area contributed by atoms with E-state index in [0.717, 1.165) is 4.70 Å². The molecule has 0 spiro atoms. The molecule has 0 saturated carbocycles. The van der Waals surface area contributed by atoms with Crippen LogP contribution in [-0.4, -0.2) is 57.2 Å². The molecule has 8 heteroatoms. The van der Waals surface area contributed by atoms with Gasteiger partial charge < -0.3 is 18.8 Å². The van der Waals surface area contributed by atoms with Crippen molar-refractivity contribution in [3.63, 3.8) is 0 Å². The summed E-state index contributed by atoms with van der Waals surface area (Å²) in [5.74, 6) is 1.39. The number of amides is 1. The van der Waals surface area contributed by atoms with E-state index < -0.39 is 0 Å². The summed E-state index contributed by atoms with van der Waals surface area (Å²) in [6.07, 6.45) is 1.49. The Hall–Kier alpha value is -2.58. The first-order valence-electron chi connectivity index (χ1n) is 8.06. The molecule has 0 atom stereocenters. The van der Waals surface area contributed by atoms with E-state index in [9.17, 15) is 4.79 Å². The molecule has 7 nitrogen and oxygen atoms in total. The van der Waals surface area contributed by atoms with E-state index in [1.54, 1.807) is 31.3 Å². The summed E-state index contributed by atoms with van der Waals surface area (Å²) in [7, 11) is 7.12. The fourth-order valence-electron chi connectivity index (χ4n) is 2.51. The van der Waals surface area contributed by atoms with Gasteiger partial charge in [0.05, 0.1) is 20.5 Å². The number of rotatable bonds is 7. The molecule has 0 aliphatic carbocycles. The summed E-state index contributed by atoms with van der Waals surface area (Å²) in [6.45, 7) is 1.17. The molecular weight excluding hydrogens is 354 g/mol. The Morgan fingerprint density at radius 1 is 1.15 bits per heavy atom. The zero-order valence-electron chi connectivity index (χ0n) is 15.2. The number of hydrogen-bond acceptors (Lipinski definition) is 7. The molecule has 0 unspecified atom stereocenters. The number of carbonyl (C=O) groups is 1. The maximum absolute atomic E-state index is 12.9. The van der Waals surface area contributed by atoms with E-state index in [4.69, 9.17) is 13.9 Å². The van der Waals surface area contributed by atoms with Gasteiger partial charge in [0.25, 0.3) is 5.91 Å². The van der Waals surface area contributed by atoms with Crippen molar-refractivity contribution in [2.75, 3.05) is 46.3 Å². The van der Waals surface area contributed by atoms with E-state index >= 15 is 0 Å². The maximum Gasteiger partial charge on any atom is 0.295 e. The number of furan rings is 1. The normalized spacial score (nSPS) is 11.1. The second-order valence-electron chi connectivity index (χ2n) is 5.88. The molecule has 0 aliphatic rings. The Morgan fingerprint density at radius 2 is 1.88 bits per heavy atom. The van der Waals surface area contributed by atoms with Gasteiger partial charge >= 0.3 is 0 Å². The molecule has 3 aromatic rings. The lowest BCUT2D eigenvalue weighted by Crippen LogP contribution is -2.36. The van der Waals surface area contributed by atoms with Crippen molar-refractivity contribution in [1.82, 2.24) is 9.88 Å². The van der Waals surface area contributed by atoms with Crippen molar-refractivity contribution in [1.29, 1.82) is 0 Å². The van der Waals surface area contributed by atoms with Crippen LogP contribution in [0.1, 0.15) is 10.6 Å². The number of thiazole rings is 1. The Bertz CT molecular complexity index is 848. The lowest BCUT2D eigenvalue weighted by atomic mass is 10.3. The second kappa shape index (κ2) is 7.76. The van der Waals surface area contributed by atoms with Crippen LogP contribution in [0.3, 0.4) is 0 Å². The number of fused-ring (bicyclic) bond motifs is 1. The highest BCUT2D eigenvalue weighted by molar-refractivity contribution is 7.22. The third kappa shape index (κ3) is 3.51. The van der Waals surface area contributed by atoms with E-state index in [-0.39, 0.29) is 11.7 Å². The predicted octanol–water partition coefficient (Wildman–Crippen LogP) is 3.11. The van der Waals surface area contributed by atoms with Gasteiger partial charge in [-0.05, 0) is 38.4 Å². The zero-order valence-corrected chi connectivity index (χ0v) is 16.0. The third-order valence-corrected chi connectivity index (χ3v) is 4.97. The number of benzene rings is 1. The largest absolute Gasteiger partial charge is 0.495 e. The van der Waals surface area contributed by atoms with Gasteiger partial charge in [-0.15, -0.1) is 0 Å². The van der Waals surface area contributed by atoms with Crippen LogP contribution in [0.25, 0.3) is 10.2 Å². The Kier molecular flexibility index (Phi) is 5.43. The average molecular weight is 375 g/mol. The van der Waals surface area contributed by atoms with Crippen LogP contribution in [0.5, 0.6) is 11.5 Å². The molecule has 0 aliphatic heterocycles. The van der Waals surface area contributed by atoms with Gasteiger partial charge in [-0.2, -0.15) is 0 Å². The molecule has 2 aromatic heterocycles. The number of anilines is 1. The Labute approximate surface area is 155 Å². The van der Waals surface area contributed by atoms with Crippen LogP contribution < -0.4 is 14.4 Å². The summed E-state index contributed by atoms with van der Waals surface area (Å²) < 4.78 is 17.0. The minimum Gasteiger partial charge on any atom is -0.495 e. The third-order valence-electron chi connectivity index (χ3n) is 3.88. The Balaban J connectivity index is 2.06. The molecule has 1 amide bonds. The van der Waals surface area contributed by atoms with Crippen LogP contribution >= 0.6 is 11.3 Å². The summed E-state index contributed by atoms with van der Waals surface area (Å²) in [6, 6.07) is 6.99. The van der Waals surface area contributed by atoms with Gasteiger partial charge in [-0.1, -0.05) is 11.3 Å². The number of likely N-dealkylation sites (N-methyl/N-ethyl adjacent to an activating group) is 1. The SMILES string of the molecule is COc1ccc(OC)c2sc(N(CCN(C)C)C(=O)c3ccco3)nc12. The molecule has 2 heterocycles. The molecule has 0 N–H and O–H groups in total. The summed E-state index contributed by atoms with van der Waals surface area (Å²) in [5, 5.41) is 0.575. The van der Waals surface area contributed by atoms with Crippen LogP contribution in [0.4, 0.5) is 5.13 Å². The zero-order chi connectivity index (χ0) is 18.7. The highest BCUT2D eigenvalue weighted by atomic mass is 32.1. The first-order chi connectivity index (χ1) is 12.5. The van der Waals surface area contributed by atoms with Gasteiger partial charge in [0, 0.05) is 13.1 Å². The number of aromatic nitrogens is 1. The number of ether oxygens (including phenoxy) is 2. The highest BCUT2D eigenvalue weighted by Gasteiger charge is 2.25. The van der Waals surface area contributed by atoms with Gasteiger partial charge in [-0.3, -0.25) is 9.69 Å². The minimum atomic E-state index is -0.228. The van der Waals surface area contributed by atoms with Gasteiger partial charge in [0.15, 0.2) is 10.9 Å². The number of methoxy groups -OCH3 is 2. The number of hydrogen-bond donors (Lipinski definition) is 0. The van der Waals surface area contributed by atoms with Crippen molar-refractivity contribution < 1.29 is 18.7 Å². The predicted molar refractivity (Wildman–Crippen MR) is 102 cm³/mol. The second-order valence-corrected chi connectivity index (χ2v) is 6.86. The lowest BCUT2D eigenvalue weighted by molar-refractivity contribution is 0.0958. The Morgan fingerprint density at radius 3 is 2.50 bits per heavy atom. The van der Waals surface area contributed by atoms with Gasteiger partial charge in [-0.25, -0.2) is 4.98 Å². The van der Waals surface area contributed by atoms with Crippen LogP contribution in [0, 0.1) is 0 Å². The van der Waals surface area contributed by atoms with Crippen molar-refractivity contribution >= 4 is 32.6 Å². The van der Waals surface area contributed by atoms with Crippen LogP contribution in [0.15, 0.2) is 34.9 Å². The fourth-order valence-corrected chi connectivity index (χ4v) is 3.61. The molecular formula is C18H21N3O4S. The van der Waals surface area contributed by atoms with Crippen LogP contribution in [-0.2, 0) is 0 Å². The monoisotopic (exact) mass is 375 g/mol. The van der Waals surface area contributed by atoms with Crippen molar-refractivity contribution in [3.05, 3.63) is 36.3 Å². The molecule has 0 saturated heterocycles. The molecule has 0 radical (unpaired) electrons. The molecule has 138 valence electrons. The molecule has 26 heavy (non-hydrogen) atoms. The molecule has 3 rings (SSSR count). The van der Waals surface area contributed by atoms with Crippen LogP contribution in [0.2, 0.25) is 0 Å². The van der Waals surface area contributed by atoms with E-state index in [1.807, 2.05) is 31.1 Å². The fraction of sp³-hybridized carbons (Fsp3) is 0.333. The summed E-state index contributed by atoms with van der Waals surface area (Å²) >= 11 is 1.39. The average Bonchev–Trinajstić information content (AvgIpc) is 3.30. The summed E-state index contributed by atoms with van der Waals surface area (Å²) in [4.78, 5) is 21.2. The minimum absolute atomic E-state index is 0.228. The maximum atomic E-state index is 12.9. The van der Waals surface area contributed by atoms with Crippen molar-refractivity contribution in [3.8, 4) is 11.5 Å². The topological polar surface area (TPSA) is 68.0 Å². The first kappa shape index (κ1) is 18.2. The number of nitrogens with zero attached hydrogens (tertiary/aromatic N) is 3. The van der Waals surface area contributed by atoms with Crippen molar-refractivity contribution in [2.45, 2.75) is 0 Å². The smallest absolute Gasteiger partial charge is 0.295 e. The van der Waals surface area contributed by atoms with Gasteiger partial charge in [0.1, 0.15) is 21.7 Å². The van der Waals surface area contributed by atoms with E-state index in [1.165, 1.54) is 17.6 Å². The molecule has 1 aromatic carbocycles. The van der Waals surface area contributed by atoms with E-state index in [0.29, 0.717) is 35.2 Å². The van der Waals surface area contributed by atoms with Gasteiger partial charge in [0.2, 0.25) is 0 Å². The lowest BCUT2D eigenvalue weighted by Gasteiger charge is -2.20. The van der Waals surface area contributed by atoms with Crippen molar-refractivity contribution in [2.24, 2.45) is 0 Å². The highest BCUT2D eigenvalue weighted by Crippen LogP contribution is 2.40. The number of carbonyl (C=O) groups excluding carboxylic acids is 1. The molecule has 0 bridgehead atoms. The molecule has 0 fully saturated rings. The summed E-state index contributed by atoms with van der Waals surface area (Å²) in [5.41, 5.74) is 0.675.